The maximum absolute atomic E-state index is 9.83. The predicted octanol–water partition coefficient (Wildman–Crippen LogP) is 7.95. The maximum Gasteiger partial charge on any atom is 0.146 e. The first-order chi connectivity index (χ1) is 24.9. The van der Waals surface area contributed by atoms with E-state index >= 15 is 0 Å². The number of hydrogen-bond donors (Lipinski definition) is 1. The van der Waals surface area contributed by atoms with E-state index in [2.05, 4.69) is 32.2 Å². The normalized spacial score (nSPS) is 14.3. The molecular weight excluding hydrogens is 666 g/mol. The Bertz CT molecular complexity index is 2280. The first-order valence-electron chi connectivity index (χ1n) is 16.8. The molecular formula is C39H38ClN7O4. The Kier molecular flexibility index (Phi) is 10.1. The number of aryl methyl sites for hydroxylation is 3. The summed E-state index contributed by atoms with van der Waals surface area (Å²) in [5.74, 6) is 1.49. The molecule has 2 aromatic carbocycles. The van der Waals surface area contributed by atoms with Gasteiger partial charge in [0.15, 0.2) is 0 Å². The number of nitrogens with zero attached hydrogens (tertiary/aromatic N) is 7. The summed E-state index contributed by atoms with van der Waals surface area (Å²) in [6.07, 6.45) is 13.8. The van der Waals surface area contributed by atoms with Crippen LogP contribution in [0.5, 0.6) is 17.2 Å². The molecule has 8 rings (SSSR count). The van der Waals surface area contributed by atoms with E-state index in [1.54, 1.807) is 37.2 Å². The molecule has 5 aromatic heterocycles. The number of benzene rings is 2. The number of phenolic OH excluding ortho intramolecular Hbond substituents is 1. The number of fused-ring (bicyclic) bond motifs is 2. The zero-order valence-corrected chi connectivity index (χ0v) is 29.4. The third kappa shape index (κ3) is 7.50. The molecule has 1 fully saturated rings. The number of aromatic nitrogens is 7. The number of rotatable bonds is 8. The lowest BCUT2D eigenvalue weighted by Crippen LogP contribution is -2.26. The SMILES string of the molecule is Cc1cc(-c2ccnn2C)c2cccc(OCc3c(Cl)cncc3OCC3CCCCO3)c2n1.Cc1cc(-n2ccnc2)c2cccc(O)c2n1. The average Bonchev–Trinajstić information content (AvgIpc) is 3.83. The molecule has 1 aliphatic heterocycles. The summed E-state index contributed by atoms with van der Waals surface area (Å²) < 4.78 is 21.9. The molecule has 1 atom stereocenters. The molecule has 0 amide bonds. The van der Waals surface area contributed by atoms with Crippen LogP contribution in [0.15, 0.2) is 91.9 Å². The van der Waals surface area contributed by atoms with Gasteiger partial charge in [0.25, 0.3) is 0 Å². The largest absolute Gasteiger partial charge is 0.506 e. The van der Waals surface area contributed by atoms with Crippen molar-refractivity contribution in [2.75, 3.05) is 13.2 Å². The van der Waals surface area contributed by atoms with Gasteiger partial charge in [-0.1, -0.05) is 35.9 Å². The van der Waals surface area contributed by atoms with Crippen molar-refractivity contribution in [3.8, 4) is 34.2 Å². The Morgan fingerprint density at radius 3 is 2.51 bits per heavy atom. The predicted molar refractivity (Wildman–Crippen MR) is 197 cm³/mol. The molecule has 0 spiro atoms. The monoisotopic (exact) mass is 703 g/mol. The quantitative estimate of drug-likeness (QED) is 0.168. The fourth-order valence-corrected chi connectivity index (χ4v) is 6.46. The van der Waals surface area contributed by atoms with Crippen LogP contribution in [0.4, 0.5) is 0 Å². The number of phenols is 1. The molecule has 6 heterocycles. The minimum atomic E-state index is 0.0946. The Morgan fingerprint density at radius 2 is 1.73 bits per heavy atom. The zero-order chi connectivity index (χ0) is 35.3. The number of imidazole rings is 1. The van der Waals surface area contributed by atoms with Crippen molar-refractivity contribution in [2.45, 2.75) is 45.8 Å². The third-order valence-electron chi connectivity index (χ3n) is 8.77. The van der Waals surface area contributed by atoms with Crippen molar-refractivity contribution in [1.82, 2.24) is 34.3 Å². The highest BCUT2D eigenvalue weighted by molar-refractivity contribution is 6.31. The number of ether oxygens (including phenoxy) is 3. The summed E-state index contributed by atoms with van der Waals surface area (Å²) >= 11 is 6.49. The second-order valence-electron chi connectivity index (χ2n) is 12.4. The van der Waals surface area contributed by atoms with Crippen LogP contribution >= 0.6 is 11.6 Å². The lowest BCUT2D eigenvalue weighted by molar-refractivity contribution is -0.0114. The van der Waals surface area contributed by atoms with Gasteiger partial charge in [-0.3, -0.25) is 9.67 Å². The highest BCUT2D eigenvalue weighted by Gasteiger charge is 2.18. The van der Waals surface area contributed by atoms with Gasteiger partial charge in [0, 0.05) is 66.2 Å². The molecule has 1 saturated heterocycles. The van der Waals surface area contributed by atoms with E-state index in [9.17, 15) is 5.11 Å². The van der Waals surface area contributed by atoms with E-state index < -0.39 is 0 Å². The Balaban J connectivity index is 0.000000199. The molecule has 0 bridgehead atoms. The second kappa shape index (κ2) is 15.2. The lowest BCUT2D eigenvalue weighted by atomic mass is 10.0. The van der Waals surface area contributed by atoms with E-state index in [-0.39, 0.29) is 18.5 Å². The highest BCUT2D eigenvalue weighted by Crippen LogP contribution is 2.35. The molecule has 12 heteroatoms. The van der Waals surface area contributed by atoms with Gasteiger partial charge in [-0.05, 0) is 63.4 Å². The standard InChI is InChI=1S/C26H27ClN4O3.C13H11N3O/c1-17-12-20(23-9-10-29-31(23)2)19-7-5-8-24(26(19)30-17)34-16-21-22(27)13-28-14-25(21)33-15-18-6-3-4-11-32-18;1-9-7-11(16-6-5-14-8-16)10-3-2-4-12(17)13(10)15-9/h5,7-10,12-14,18H,3-4,6,11,15-16H2,1-2H3;2-8,17H,1H3. The maximum atomic E-state index is 9.83. The summed E-state index contributed by atoms with van der Waals surface area (Å²) in [6, 6.07) is 17.4. The summed E-state index contributed by atoms with van der Waals surface area (Å²) in [4.78, 5) is 17.4. The first-order valence-corrected chi connectivity index (χ1v) is 17.2. The van der Waals surface area contributed by atoms with Crippen LogP contribution in [0.2, 0.25) is 5.02 Å². The van der Waals surface area contributed by atoms with Crippen LogP contribution in [0.3, 0.4) is 0 Å². The first kappa shape index (κ1) is 34.0. The lowest BCUT2D eigenvalue weighted by Gasteiger charge is -2.23. The summed E-state index contributed by atoms with van der Waals surface area (Å²) in [7, 11) is 1.93. The minimum absolute atomic E-state index is 0.0946. The molecule has 0 radical (unpaired) electrons. The topological polar surface area (TPSA) is 122 Å². The number of pyridine rings is 3. The van der Waals surface area contributed by atoms with Crippen LogP contribution < -0.4 is 9.47 Å². The van der Waals surface area contributed by atoms with Gasteiger partial charge in [0.1, 0.15) is 41.5 Å². The molecule has 1 unspecified atom stereocenters. The van der Waals surface area contributed by atoms with Crippen LogP contribution in [-0.2, 0) is 18.4 Å². The number of halogens is 1. The van der Waals surface area contributed by atoms with Crippen molar-refractivity contribution in [3.05, 3.63) is 114 Å². The molecule has 1 aliphatic rings. The fraction of sp³-hybridized carbons (Fsp3) is 0.256. The third-order valence-corrected chi connectivity index (χ3v) is 9.10. The van der Waals surface area contributed by atoms with Gasteiger partial charge in [0.2, 0.25) is 0 Å². The Labute approximate surface area is 300 Å². The van der Waals surface area contributed by atoms with Crippen molar-refractivity contribution < 1.29 is 19.3 Å². The average molecular weight is 704 g/mol. The van der Waals surface area contributed by atoms with Gasteiger partial charge < -0.3 is 23.9 Å². The van der Waals surface area contributed by atoms with E-state index in [4.69, 9.17) is 30.8 Å². The van der Waals surface area contributed by atoms with E-state index in [0.717, 1.165) is 76.1 Å². The van der Waals surface area contributed by atoms with Crippen molar-refractivity contribution >= 4 is 33.4 Å². The van der Waals surface area contributed by atoms with Gasteiger partial charge in [-0.15, -0.1) is 0 Å². The highest BCUT2D eigenvalue weighted by atomic mass is 35.5. The zero-order valence-electron chi connectivity index (χ0n) is 28.7. The molecule has 0 aliphatic carbocycles. The molecule has 11 nitrogen and oxygen atoms in total. The molecule has 51 heavy (non-hydrogen) atoms. The van der Waals surface area contributed by atoms with Gasteiger partial charge >= 0.3 is 0 Å². The summed E-state index contributed by atoms with van der Waals surface area (Å²) in [5.41, 5.74) is 6.99. The van der Waals surface area contributed by atoms with E-state index in [1.807, 2.05) is 72.7 Å². The summed E-state index contributed by atoms with van der Waals surface area (Å²) in [5, 5.41) is 16.6. The van der Waals surface area contributed by atoms with Crippen molar-refractivity contribution in [1.29, 1.82) is 0 Å². The van der Waals surface area contributed by atoms with Crippen LogP contribution in [0, 0.1) is 13.8 Å². The summed E-state index contributed by atoms with van der Waals surface area (Å²) in [6.45, 7) is 5.38. The van der Waals surface area contributed by atoms with Gasteiger partial charge in [-0.2, -0.15) is 5.10 Å². The van der Waals surface area contributed by atoms with Crippen molar-refractivity contribution in [3.63, 3.8) is 0 Å². The Hall–Kier alpha value is -5.52. The Morgan fingerprint density at radius 1 is 0.902 bits per heavy atom. The minimum Gasteiger partial charge on any atom is -0.506 e. The fourth-order valence-electron chi connectivity index (χ4n) is 6.25. The van der Waals surface area contributed by atoms with Crippen LogP contribution in [0.25, 0.3) is 38.8 Å². The van der Waals surface area contributed by atoms with Crippen LogP contribution in [0.1, 0.15) is 36.2 Å². The number of aromatic hydroxyl groups is 1. The smallest absolute Gasteiger partial charge is 0.146 e. The molecule has 7 aromatic rings. The number of para-hydroxylation sites is 2. The van der Waals surface area contributed by atoms with E-state index in [1.165, 1.54) is 0 Å². The van der Waals surface area contributed by atoms with Crippen molar-refractivity contribution in [2.24, 2.45) is 7.05 Å². The van der Waals surface area contributed by atoms with Gasteiger partial charge in [0.05, 0.1) is 40.6 Å². The number of hydrogen-bond acceptors (Lipinski definition) is 9. The van der Waals surface area contributed by atoms with E-state index in [0.29, 0.717) is 28.6 Å². The van der Waals surface area contributed by atoms with Crippen LogP contribution in [-0.4, -0.2) is 58.7 Å². The second-order valence-corrected chi connectivity index (χ2v) is 12.8. The molecule has 1 N–H and O–H groups in total. The van der Waals surface area contributed by atoms with Gasteiger partial charge in [-0.25, -0.2) is 15.0 Å². The molecule has 260 valence electrons. The molecule has 0 saturated carbocycles.